The smallest absolute Gasteiger partial charge is 0.161 e. The number of nitrogens with one attached hydrogen (secondary N) is 1. The van der Waals surface area contributed by atoms with E-state index in [4.69, 9.17) is 16.6 Å². The van der Waals surface area contributed by atoms with Crippen LogP contribution in [0.4, 0.5) is 5.82 Å². The first-order valence-electron chi connectivity index (χ1n) is 6.30. The maximum absolute atomic E-state index is 6.04. The van der Waals surface area contributed by atoms with E-state index in [0.717, 1.165) is 31.8 Å². The number of hydrogen-bond donors (Lipinski definition) is 1. The fraction of sp³-hybridized carbons (Fsp3) is 0.286. The van der Waals surface area contributed by atoms with Gasteiger partial charge in [-0.15, -0.1) is 0 Å². The Balaban J connectivity index is 2.12. The monoisotopic (exact) mass is 415 g/mol. The lowest BCUT2D eigenvalue weighted by molar-refractivity contribution is 0.980. The molecule has 3 nitrogen and oxygen atoms in total. The summed E-state index contributed by atoms with van der Waals surface area (Å²) in [5.74, 6) is 2.09. The number of hydrogen-bond acceptors (Lipinski definition) is 3. The van der Waals surface area contributed by atoms with Crippen molar-refractivity contribution < 1.29 is 0 Å². The molecular weight excluding hydrogens is 405 g/mol. The normalized spacial score (nSPS) is 14.4. The maximum Gasteiger partial charge on any atom is 0.161 e. The van der Waals surface area contributed by atoms with E-state index in [1.807, 2.05) is 25.2 Å². The molecule has 1 heterocycles. The third-order valence-electron chi connectivity index (χ3n) is 3.26. The number of anilines is 1. The molecule has 0 saturated heterocycles. The van der Waals surface area contributed by atoms with Crippen molar-refractivity contribution in [1.82, 2.24) is 9.97 Å². The molecule has 2 aromatic rings. The van der Waals surface area contributed by atoms with Crippen molar-refractivity contribution >= 4 is 49.3 Å². The molecule has 0 amide bonds. The lowest BCUT2D eigenvalue weighted by atomic mass is 10.2. The molecule has 0 atom stereocenters. The van der Waals surface area contributed by atoms with Crippen LogP contribution < -0.4 is 5.32 Å². The van der Waals surface area contributed by atoms with E-state index >= 15 is 0 Å². The summed E-state index contributed by atoms with van der Waals surface area (Å²) in [5, 5.41) is 3.80. The number of aromatic nitrogens is 2. The lowest BCUT2D eigenvalue weighted by Gasteiger charge is -2.11. The minimum absolute atomic E-state index is 0.550. The average Bonchev–Trinajstić information content (AvgIpc) is 3.27. The largest absolute Gasteiger partial charge is 0.372 e. The summed E-state index contributed by atoms with van der Waals surface area (Å²) in [5.41, 5.74) is 2.04. The molecule has 0 unspecified atom stereocenters. The second-order valence-corrected chi connectivity index (χ2v) is 6.80. The molecule has 1 fully saturated rings. The highest BCUT2D eigenvalue weighted by Crippen LogP contribution is 2.44. The van der Waals surface area contributed by atoms with Crippen LogP contribution in [0.25, 0.3) is 11.4 Å². The van der Waals surface area contributed by atoms with Gasteiger partial charge in [0.2, 0.25) is 0 Å². The van der Waals surface area contributed by atoms with Gasteiger partial charge in [-0.3, -0.25) is 0 Å². The zero-order valence-corrected chi connectivity index (χ0v) is 14.7. The fourth-order valence-electron chi connectivity index (χ4n) is 2.02. The van der Waals surface area contributed by atoms with E-state index in [0.29, 0.717) is 10.9 Å². The summed E-state index contributed by atoms with van der Waals surface area (Å²) >= 11 is 13.1. The van der Waals surface area contributed by atoms with Gasteiger partial charge in [0.05, 0.1) is 15.2 Å². The first-order valence-corrected chi connectivity index (χ1v) is 8.27. The molecule has 6 heteroatoms. The van der Waals surface area contributed by atoms with Crippen molar-refractivity contribution in [1.29, 1.82) is 0 Å². The Morgan fingerprint density at radius 2 is 2.00 bits per heavy atom. The highest BCUT2D eigenvalue weighted by molar-refractivity contribution is 9.11. The Hall–Kier alpha value is -0.650. The Labute approximate surface area is 139 Å². The van der Waals surface area contributed by atoms with Crippen LogP contribution in [0.2, 0.25) is 5.02 Å². The van der Waals surface area contributed by atoms with Crippen LogP contribution in [0.3, 0.4) is 0 Å². The first-order chi connectivity index (χ1) is 9.60. The summed E-state index contributed by atoms with van der Waals surface area (Å²) < 4.78 is 1.82. The van der Waals surface area contributed by atoms with Crippen molar-refractivity contribution in [2.75, 3.05) is 12.4 Å². The number of nitrogens with zero attached hydrogens (tertiary/aromatic N) is 2. The SMILES string of the molecule is CNc1nc(-c2ccc(Cl)c(Br)c2)nc(C2CC2)c1Br. The van der Waals surface area contributed by atoms with Gasteiger partial charge in [-0.25, -0.2) is 9.97 Å². The zero-order chi connectivity index (χ0) is 14.3. The van der Waals surface area contributed by atoms with Crippen molar-refractivity contribution in [2.45, 2.75) is 18.8 Å². The molecule has 1 aliphatic rings. The Morgan fingerprint density at radius 1 is 1.25 bits per heavy atom. The summed E-state index contributed by atoms with van der Waals surface area (Å²) in [6.07, 6.45) is 2.39. The van der Waals surface area contributed by atoms with Crippen LogP contribution in [0.1, 0.15) is 24.5 Å². The van der Waals surface area contributed by atoms with Gasteiger partial charge in [0, 0.05) is 23.0 Å². The quantitative estimate of drug-likeness (QED) is 0.742. The van der Waals surface area contributed by atoms with Crippen LogP contribution in [-0.4, -0.2) is 17.0 Å². The molecule has 1 aromatic carbocycles. The molecule has 0 bridgehead atoms. The average molecular weight is 418 g/mol. The van der Waals surface area contributed by atoms with E-state index in [1.165, 1.54) is 12.8 Å². The second-order valence-electron chi connectivity index (χ2n) is 4.75. The predicted molar refractivity (Wildman–Crippen MR) is 89.4 cm³/mol. The van der Waals surface area contributed by atoms with Crippen LogP contribution in [-0.2, 0) is 0 Å². The van der Waals surface area contributed by atoms with E-state index in [2.05, 4.69) is 42.2 Å². The van der Waals surface area contributed by atoms with Crippen LogP contribution in [0.15, 0.2) is 27.1 Å². The lowest BCUT2D eigenvalue weighted by Crippen LogP contribution is -2.02. The van der Waals surface area contributed by atoms with Crippen LogP contribution in [0.5, 0.6) is 0 Å². The Morgan fingerprint density at radius 3 is 2.60 bits per heavy atom. The molecule has 3 rings (SSSR count). The summed E-state index contributed by atoms with van der Waals surface area (Å²) in [4.78, 5) is 9.29. The number of benzene rings is 1. The topological polar surface area (TPSA) is 37.8 Å². The van der Waals surface area contributed by atoms with Gasteiger partial charge >= 0.3 is 0 Å². The molecule has 0 radical (unpaired) electrons. The predicted octanol–water partition coefficient (Wildman–Crippen LogP) is 5.24. The molecule has 1 N–H and O–H groups in total. The standard InChI is InChI=1S/C14H12Br2ClN3/c1-18-14-11(16)12(7-2-3-7)19-13(20-14)8-4-5-10(17)9(15)6-8/h4-7H,2-3H2,1H3,(H,18,19,20). The molecule has 0 aliphatic heterocycles. The van der Waals surface area contributed by atoms with Crippen molar-refractivity contribution in [2.24, 2.45) is 0 Å². The maximum atomic E-state index is 6.04. The molecular formula is C14H12Br2ClN3. The molecule has 1 aliphatic carbocycles. The second kappa shape index (κ2) is 5.62. The molecule has 20 heavy (non-hydrogen) atoms. The van der Waals surface area contributed by atoms with E-state index in [1.54, 1.807) is 0 Å². The van der Waals surface area contributed by atoms with Crippen molar-refractivity contribution in [3.05, 3.63) is 37.9 Å². The number of rotatable bonds is 3. The van der Waals surface area contributed by atoms with E-state index < -0.39 is 0 Å². The van der Waals surface area contributed by atoms with Gasteiger partial charge in [-0.05, 0) is 62.9 Å². The van der Waals surface area contributed by atoms with E-state index in [-0.39, 0.29) is 0 Å². The first kappa shape index (κ1) is 14.3. The highest BCUT2D eigenvalue weighted by atomic mass is 79.9. The van der Waals surface area contributed by atoms with E-state index in [9.17, 15) is 0 Å². The van der Waals surface area contributed by atoms with Crippen LogP contribution in [0, 0.1) is 0 Å². The molecule has 1 saturated carbocycles. The summed E-state index contributed by atoms with van der Waals surface area (Å²) in [6.45, 7) is 0. The third kappa shape index (κ3) is 2.71. The minimum Gasteiger partial charge on any atom is -0.372 e. The van der Waals surface area contributed by atoms with Gasteiger partial charge in [0.15, 0.2) is 5.82 Å². The number of halogens is 3. The Kier molecular flexibility index (Phi) is 4.02. The van der Waals surface area contributed by atoms with Gasteiger partial charge in [0.1, 0.15) is 5.82 Å². The molecule has 1 aromatic heterocycles. The fourth-order valence-corrected chi connectivity index (χ4v) is 3.22. The summed E-state index contributed by atoms with van der Waals surface area (Å²) in [7, 11) is 1.87. The highest BCUT2D eigenvalue weighted by Gasteiger charge is 2.29. The van der Waals surface area contributed by atoms with Gasteiger partial charge in [-0.2, -0.15) is 0 Å². The molecule has 0 spiro atoms. The molecule has 104 valence electrons. The van der Waals surface area contributed by atoms with Gasteiger partial charge in [-0.1, -0.05) is 11.6 Å². The van der Waals surface area contributed by atoms with Crippen molar-refractivity contribution in [3.63, 3.8) is 0 Å². The Bertz CT molecular complexity index is 672. The minimum atomic E-state index is 0.550. The zero-order valence-electron chi connectivity index (χ0n) is 10.8. The summed E-state index contributed by atoms with van der Waals surface area (Å²) in [6, 6.07) is 5.73. The third-order valence-corrected chi connectivity index (χ3v) is 5.25. The van der Waals surface area contributed by atoms with Crippen molar-refractivity contribution in [3.8, 4) is 11.4 Å². The van der Waals surface area contributed by atoms with Gasteiger partial charge < -0.3 is 5.32 Å². The van der Waals surface area contributed by atoms with Gasteiger partial charge in [0.25, 0.3) is 0 Å². The van der Waals surface area contributed by atoms with Crippen LogP contribution >= 0.6 is 43.5 Å².